The normalized spacial score (nSPS) is 11.6. The van der Waals surface area contributed by atoms with Crippen molar-refractivity contribution in [2.24, 2.45) is 0 Å². The molecule has 0 saturated heterocycles. The van der Waals surface area contributed by atoms with Gasteiger partial charge in [-0.1, -0.05) is 146 Å². The van der Waals surface area contributed by atoms with E-state index >= 15 is 0 Å². The quantitative estimate of drug-likeness (QED) is 0.172. The number of nitrogens with zero attached hydrogens (tertiary/aromatic N) is 4. The minimum atomic E-state index is 0.597. The molecule has 5 heteroatoms. The molecule has 11 aromatic rings. The molecule has 0 saturated carbocycles. The van der Waals surface area contributed by atoms with Crippen LogP contribution in [0, 0.1) is 0 Å². The van der Waals surface area contributed by atoms with Gasteiger partial charge in [-0.3, -0.25) is 0 Å². The van der Waals surface area contributed by atoms with Gasteiger partial charge in [-0.2, -0.15) is 0 Å². The van der Waals surface area contributed by atoms with Gasteiger partial charge in [0.1, 0.15) is 11.2 Å². The number of para-hydroxylation sites is 3. The Kier molecular flexibility index (Phi) is 7.42. The van der Waals surface area contributed by atoms with Crippen LogP contribution in [0.4, 0.5) is 0 Å². The summed E-state index contributed by atoms with van der Waals surface area (Å²) in [6.07, 6.45) is 0. The molecule has 11 rings (SSSR count). The predicted octanol–water partition coefficient (Wildman–Crippen LogP) is 13.2. The second-order valence-electron chi connectivity index (χ2n) is 14.1. The van der Waals surface area contributed by atoms with Crippen LogP contribution in [0.15, 0.2) is 199 Å². The minimum Gasteiger partial charge on any atom is -0.456 e. The predicted molar refractivity (Wildman–Crippen MR) is 229 cm³/mol. The number of furan rings is 1. The summed E-state index contributed by atoms with van der Waals surface area (Å²) in [5, 5.41) is 4.52. The van der Waals surface area contributed by atoms with Crippen LogP contribution in [-0.2, 0) is 0 Å². The highest BCUT2D eigenvalue weighted by atomic mass is 16.3. The molecule has 3 aromatic heterocycles. The van der Waals surface area contributed by atoms with Crippen LogP contribution in [0.5, 0.6) is 0 Å². The second-order valence-corrected chi connectivity index (χ2v) is 14.1. The van der Waals surface area contributed by atoms with Crippen LogP contribution in [0.2, 0.25) is 0 Å². The van der Waals surface area contributed by atoms with E-state index < -0.39 is 0 Å². The third kappa shape index (κ3) is 5.45. The van der Waals surface area contributed by atoms with E-state index in [1.807, 2.05) is 36.4 Å². The van der Waals surface area contributed by atoms with Crippen molar-refractivity contribution in [3.63, 3.8) is 0 Å². The summed E-state index contributed by atoms with van der Waals surface area (Å²) in [7, 11) is 0. The third-order valence-electron chi connectivity index (χ3n) is 10.7. The Balaban J connectivity index is 1.03. The monoisotopic (exact) mass is 716 g/mol. The Morgan fingerprint density at radius 2 is 0.750 bits per heavy atom. The van der Waals surface area contributed by atoms with Crippen molar-refractivity contribution in [1.29, 1.82) is 0 Å². The number of aromatic nitrogens is 4. The summed E-state index contributed by atoms with van der Waals surface area (Å²) < 4.78 is 8.48. The first-order valence-electron chi connectivity index (χ1n) is 18.8. The van der Waals surface area contributed by atoms with Crippen LogP contribution in [0.25, 0.3) is 106 Å². The number of benzene rings is 8. The van der Waals surface area contributed by atoms with Crippen molar-refractivity contribution in [2.45, 2.75) is 0 Å². The maximum Gasteiger partial charge on any atom is 0.164 e. The number of hydrogen-bond acceptors (Lipinski definition) is 4. The van der Waals surface area contributed by atoms with Gasteiger partial charge in [-0.05, 0) is 70.8 Å². The first-order valence-corrected chi connectivity index (χ1v) is 18.8. The van der Waals surface area contributed by atoms with Crippen molar-refractivity contribution < 1.29 is 4.42 Å². The van der Waals surface area contributed by atoms with Crippen molar-refractivity contribution in [2.75, 3.05) is 0 Å². The lowest BCUT2D eigenvalue weighted by atomic mass is 9.99. The first kappa shape index (κ1) is 31.9. The van der Waals surface area contributed by atoms with Crippen molar-refractivity contribution in [3.05, 3.63) is 194 Å². The molecule has 0 unspecified atom stereocenters. The second kappa shape index (κ2) is 13.0. The topological polar surface area (TPSA) is 56.7 Å². The van der Waals surface area contributed by atoms with Gasteiger partial charge in [0.05, 0.1) is 11.0 Å². The summed E-state index contributed by atoms with van der Waals surface area (Å²) >= 11 is 0. The van der Waals surface area contributed by atoms with E-state index in [0.717, 1.165) is 66.5 Å². The molecule has 0 aliphatic rings. The van der Waals surface area contributed by atoms with Gasteiger partial charge < -0.3 is 8.98 Å². The Hall–Kier alpha value is -7.63. The molecular weight excluding hydrogens is 685 g/mol. The Morgan fingerprint density at radius 3 is 1.39 bits per heavy atom. The molecule has 0 atom stereocenters. The lowest BCUT2D eigenvalue weighted by molar-refractivity contribution is 0.669. The van der Waals surface area contributed by atoms with E-state index in [2.05, 4.69) is 162 Å². The molecule has 262 valence electrons. The molecule has 0 N–H and O–H groups in total. The molecule has 5 nitrogen and oxygen atoms in total. The fraction of sp³-hybridized carbons (Fsp3) is 0. The zero-order valence-electron chi connectivity index (χ0n) is 30.2. The Bertz CT molecular complexity index is 3180. The highest BCUT2D eigenvalue weighted by Gasteiger charge is 2.17. The van der Waals surface area contributed by atoms with Gasteiger partial charge in [0.15, 0.2) is 17.5 Å². The van der Waals surface area contributed by atoms with Gasteiger partial charge in [-0.25, -0.2) is 15.0 Å². The molecule has 0 aliphatic heterocycles. The zero-order valence-corrected chi connectivity index (χ0v) is 30.2. The van der Waals surface area contributed by atoms with Crippen LogP contribution >= 0.6 is 0 Å². The van der Waals surface area contributed by atoms with Crippen LogP contribution < -0.4 is 0 Å². The first-order chi connectivity index (χ1) is 27.7. The summed E-state index contributed by atoms with van der Waals surface area (Å²) in [6, 6.07) is 67.5. The molecule has 0 fully saturated rings. The molecule has 0 bridgehead atoms. The molecule has 0 radical (unpaired) electrons. The van der Waals surface area contributed by atoms with Gasteiger partial charge in [0.2, 0.25) is 0 Å². The Labute approximate surface area is 322 Å². The van der Waals surface area contributed by atoms with E-state index in [-0.39, 0.29) is 0 Å². The average molecular weight is 717 g/mol. The summed E-state index contributed by atoms with van der Waals surface area (Å²) in [5.41, 5.74) is 12.4. The van der Waals surface area contributed by atoms with E-state index in [1.54, 1.807) is 0 Å². The van der Waals surface area contributed by atoms with Crippen molar-refractivity contribution in [1.82, 2.24) is 19.5 Å². The van der Waals surface area contributed by atoms with Crippen LogP contribution in [0.1, 0.15) is 0 Å². The average Bonchev–Trinajstić information content (AvgIpc) is 3.82. The highest BCUT2D eigenvalue weighted by molar-refractivity contribution is 6.09. The van der Waals surface area contributed by atoms with Crippen molar-refractivity contribution >= 4 is 43.7 Å². The SMILES string of the molecule is c1ccc(-c2ccc(-c3ccc(-c4nc(-c5cccc(-n6c7ccccc7c7ccccc76)c5)nc(-c5ccc6oc7ccccc7c6c5)n4)cc3)cc2)cc1. The van der Waals surface area contributed by atoms with Gasteiger partial charge >= 0.3 is 0 Å². The van der Waals surface area contributed by atoms with Crippen molar-refractivity contribution in [3.8, 4) is 62.1 Å². The molecule has 0 spiro atoms. The smallest absolute Gasteiger partial charge is 0.164 e. The molecule has 56 heavy (non-hydrogen) atoms. The minimum absolute atomic E-state index is 0.597. The molecule has 0 amide bonds. The van der Waals surface area contributed by atoms with E-state index in [9.17, 15) is 0 Å². The number of hydrogen-bond donors (Lipinski definition) is 0. The maximum absolute atomic E-state index is 6.16. The number of fused-ring (bicyclic) bond motifs is 6. The van der Waals surface area contributed by atoms with Crippen LogP contribution in [0.3, 0.4) is 0 Å². The summed E-state index contributed by atoms with van der Waals surface area (Å²) in [4.78, 5) is 15.4. The van der Waals surface area contributed by atoms with Gasteiger partial charge in [0, 0.05) is 43.9 Å². The Morgan fingerprint density at radius 1 is 0.304 bits per heavy atom. The molecule has 3 heterocycles. The third-order valence-corrected chi connectivity index (χ3v) is 10.7. The molecule has 8 aromatic carbocycles. The molecule has 0 aliphatic carbocycles. The maximum atomic E-state index is 6.16. The summed E-state index contributed by atoms with van der Waals surface area (Å²) in [5.74, 6) is 1.81. The highest BCUT2D eigenvalue weighted by Crippen LogP contribution is 2.35. The van der Waals surface area contributed by atoms with Crippen LogP contribution in [-0.4, -0.2) is 19.5 Å². The van der Waals surface area contributed by atoms with E-state index in [1.165, 1.54) is 21.9 Å². The standard InChI is InChI=1S/C51H32N4O/c1-2-11-33(12-3-1)34-21-23-35(24-22-34)36-25-27-37(28-26-36)49-52-50(54-51(53-49)39-29-30-48-44(32-39)43-17-6-9-20-47(43)56-48)38-13-10-14-40(31-38)55-45-18-7-4-15-41(45)42-16-5-8-19-46(42)55/h1-32H. The van der Waals surface area contributed by atoms with E-state index in [4.69, 9.17) is 19.4 Å². The lowest BCUT2D eigenvalue weighted by Gasteiger charge is -2.12. The largest absolute Gasteiger partial charge is 0.456 e. The fourth-order valence-electron chi connectivity index (χ4n) is 7.91. The summed E-state index contributed by atoms with van der Waals surface area (Å²) in [6.45, 7) is 0. The molecular formula is C51H32N4O. The lowest BCUT2D eigenvalue weighted by Crippen LogP contribution is -2.01. The van der Waals surface area contributed by atoms with E-state index in [0.29, 0.717) is 17.5 Å². The zero-order chi connectivity index (χ0) is 37.0. The van der Waals surface area contributed by atoms with Gasteiger partial charge in [0.25, 0.3) is 0 Å². The van der Waals surface area contributed by atoms with Gasteiger partial charge in [-0.15, -0.1) is 0 Å². The number of rotatable bonds is 6. The fourth-order valence-corrected chi connectivity index (χ4v) is 7.91.